The van der Waals surface area contributed by atoms with Gasteiger partial charge in [0.1, 0.15) is 0 Å². The van der Waals surface area contributed by atoms with Gasteiger partial charge in [0.15, 0.2) is 0 Å². The number of nitrogens with zero attached hydrogens (tertiary/aromatic N) is 1. The molecule has 3 rings (SSSR count). The van der Waals surface area contributed by atoms with Crippen LogP contribution in [0.5, 0.6) is 0 Å². The van der Waals surface area contributed by atoms with Gasteiger partial charge in [-0.2, -0.15) is 0 Å². The Labute approximate surface area is 110 Å². The molecule has 3 aliphatic rings. The van der Waals surface area contributed by atoms with Gasteiger partial charge in [-0.1, -0.05) is 6.92 Å². The van der Waals surface area contributed by atoms with E-state index in [2.05, 4.69) is 17.1 Å². The molecule has 18 heavy (non-hydrogen) atoms. The molecule has 0 aromatic rings. The van der Waals surface area contributed by atoms with Gasteiger partial charge in [-0.25, -0.2) is 0 Å². The van der Waals surface area contributed by atoms with Crippen molar-refractivity contribution in [1.29, 1.82) is 0 Å². The molecule has 0 spiro atoms. The molecule has 0 aromatic carbocycles. The molecule has 2 aliphatic carbocycles. The van der Waals surface area contributed by atoms with E-state index in [1.807, 2.05) is 0 Å². The third kappa shape index (κ3) is 2.56. The van der Waals surface area contributed by atoms with Crippen molar-refractivity contribution in [3.8, 4) is 0 Å². The van der Waals surface area contributed by atoms with Gasteiger partial charge in [-0.3, -0.25) is 4.79 Å². The van der Waals surface area contributed by atoms with Gasteiger partial charge >= 0.3 is 0 Å². The number of fused-ring (bicyclic) bond motifs is 1. The molecule has 0 aromatic heterocycles. The first-order valence-corrected chi connectivity index (χ1v) is 7.80. The Hall–Kier alpha value is -0.570. The minimum atomic E-state index is 0.383. The topological polar surface area (TPSA) is 32.3 Å². The summed E-state index contributed by atoms with van der Waals surface area (Å²) in [6.07, 6.45) is 7.28. The first-order valence-electron chi connectivity index (χ1n) is 7.80. The Morgan fingerprint density at radius 1 is 1.17 bits per heavy atom. The van der Waals surface area contributed by atoms with Crippen LogP contribution in [0.2, 0.25) is 0 Å². The van der Waals surface area contributed by atoms with Gasteiger partial charge in [0, 0.05) is 25.0 Å². The predicted molar refractivity (Wildman–Crippen MR) is 72.2 cm³/mol. The minimum Gasteiger partial charge on any atom is -0.342 e. The largest absolute Gasteiger partial charge is 0.342 e. The molecule has 1 saturated heterocycles. The maximum atomic E-state index is 12.4. The van der Waals surface area contributed by atoms with Gasteiger partial charge in [-0.15, -0.1) is 0 Å². The molecule has 3 fully saturated rings. The maximum Gasteiger partial charge on any atom is 0.225 e. The number of hydrogen-bond acceptors (Lipinski definition) is 2. The van der Waals surface area contributed by atoms with E-state index in [0.717, 1.165) is 44.3 Å². The number of rotatable bonds is 4. The van der Waals surface area contributed by atoms with Crippen LogP contribution in [0, 0.1) is 17.8 Å². The highest BCUT2D eigenvalue weighted by Gasteiger charge is 2.48. The summed E-state index contributed by atoms with van der Waals surface area (Å²) in [4.78, 5) is 14.5. The van der Waals surface area contributed by atoms with Gasteiger partial charge in [0.25, 0.3) is 0 Å². The van der Waals surface area contributed by atoms with Crippen molar-refractivity contribution in [3.63, 3.8) is 0 Å². The third-order valence-electron chi connectivity index (χ3n) is 5.08. The van der Waals surface area contributed by atoms with E-state index in [-0.39, 0.29) is 0 Å². The van der Waals surface area contributed by atoms with Crippen LogP contribution in [0.15, 0.2) is 0 Å². The maximum absolute atomic E-state index is 12.4. The van der Waals surface area contributed by atoms with E-state index >= 15 is 0 Å². The molecule has 3 heteroatoms. The van der Waals surface area contributed by atoms with Crippen LogP contribution in [-0.4, -0.2) is 36.5 Å². The second kappa shape index (κ2) is 5.20. The zero-order chi connectivity index (χ0) is 12.5. The summed E-state index contributed by atoms with van der Waals surface area (Å²) in [5.74, 6) is 2.69. The summed E-state index contributed by atoms with van der Waals surface area (Å²) in [6.45, 7) is 5.28. The number of amides is 1. The SMILES string of the molecule is CCCNC1CCN(C(=O)C2CC3CC3C2)CC1. The van der Waals surface area contributed by atoms with E-state index in [0.29, 0.717) is 17.9 Å². The summed E-state index contributed by atoms with van der Waals surface area (Å²) in [5.41, 5.74) is 0. The fourth-order valence-electron chi connectivity index (χ4n) is 3.83. The van der Waals surface area contributed by atoms with Gasteiger partial charge in [0.05, 0.1) is 0 Å². The van der Waals surface area contributed by atoms with Crippen molar-refractivity contribution >= 4 is 5.91 Å². The van der Waals surface area contributed by atoms with Crippen LogP contribution >= 0.6 is 0 Å². The summed E-state index contributed by atoms with van der Waals surface area (Å²) >= 11 is 0. The summed E-state index contributed by atoms with van der Waals surface area (Å²) in [7, 11) is 0. The monoisotopic (exact) mass is 250 g/mol. The zero-order valence-electron chi connectivity index (χ0n) is 11.5. The average molecular weight is 250 g/mol. The number of hydrogen-bond donors (Lipinski definition) is 1. The van der Waals surface area contributed by atoms with E-state index < -0.39 is 0 Å². The van der Waals surface area contributed by atoms with E-state index in [1.54, 1.807) is 0 Å². The molecule has 2 unspecified atom stereocenters. The molecule has 2 saturated carbocycles. The molecule has 1 amide bonds. The summed E-state index contributed by atoms with van der Waals surface area (Å²) in [6, 6.07) is 0.644. The summed E-state index contributed by atoms with van der Waals surface area (Å²) < 4.78 is 0. The van der Waals surface area contributed by atoms with Gasteiger partial charge < -0.3 is 10.2 Å². The zero-order valence-corrected chi connectivity index (χ0v) is 11.5. The van der Waals surface area contributed by atoms with Crippen molar-refractivity contribution in [1.82, 2.24) is 10.2 Å². The van der Waals surface area contributed by atoms with Gasteiger partial charge in [-0.05, 0) is 56.9 Å². The third-order valence-corrected chi connectivity index (χ3v) is 5.08. The molecule has 102 valence electrons. The van der Waals surface area contributed by atoms with Crippen LogP contribution in [0.1, 0.15) is 45.4 Å². The number of nitrogens with one attached hydrogen (secondary N) is 1. The second-order valence-electron chi connectivity index (χ2n) is 6.48. The standard InChI is InChI=1S/C15H26N2O/c1-2-5-16-14-3-6-17(7-4-14)15(18)13-9-11-8-12(11)10-13/h11-14,16H,2-10H2,1H3. The van der Waals surface area contributed by atoms with Crippen molar-refractivity contribution in [3.05, 3.63) is 0 Å². The first-order chi connectivity index (χ1) is 8.78. The van der Waals surface area contributed by atoms with Gasteiger partial charge in [0.2, 0.25) is 5.91 Å². The van der Waals surface area contributed by atoms with Crippen LogP contribution < -0.4 is 5.32 Å². The fourth-order valence-corrected chi connectivity index (χ4v) is 3.83. The molecule has 0 radical (unpaired) electrons. The second-order valence-corrected chi connectivity index (χ2v) is 6.48. The van der Waals surface area contributed by atoms with Crippen molar-refractivity contribution in [2.45, 2.75) is 51.5 Å². The minimum absolute atomic E-state index is 0.383. The highest BCUT2D eigenvalue weighted by Crippen LogP contribution is 2.54. The number of carbonyl (C=O) groups excluding carboxylic acids is 1. The smallest absolute Gasteiger partial charge is 0.225 e. The van der Waals surface area contributed by atoms with Crippen molar-refractivity contribution < 1.29 is 4.79 Å². The highest BCUT2D eigenvalue weighted by atomic mass is 16.2. The summed E-state index contributed by atoms with van der Waals surface area (Å²) in [5, 5.41) is 3.58. The normalized spacial score (nSPS) is 35.6. The van der Waals surface area contributed by atoms with Crippen molar-refractivity contribution in [2.75, 3.05) is 19.6 Å². The Morgan fingerprint density at radius 3 is 2.44 bits per heavy atom. The van der Waals surface area contributed by atoms with E-state index in [4.69, 9.17) is 0 Å². The Bertz CT molecular complexity index is 300. The molecule has 1 heterocycles. The van der Waals surface area contributed by atoms with Crippen LogP contribution in [0.4, 0.5) is 0 Å². The molecule has 1 N–H and O–H groups in total. The predicted octanol–water partition coefficient (Wildman–Crippen LogP) is 2.02. The Morgan fingerprint density at radius 2 is 1.83 bits per heavy atom. The van der Waals surface area contributed by atoms with Crippen LogP contribution in [0.25, 0.3) is 0 Å². The highest BCUT2D eigenvalue weighted by molar-refractivity contribution is 5.79. The molecule has 3 nitrogen and oxygen atoms in total. The Kier molecular flexibility index (Phi) is 3.60. The first kappa shape index (κ1) is 12.5. The molecular weight excluding hydrogens is 224 g/mol. The van der Waals surface area contributed by atoms with Crippen LogP contribution in [-0.2, 0) is 4.79 Å². The quantitative estimate of drug-likeness (QED) is 0.828. The molecule has 2 atom stereocenters. The number of carbonyl (C=O) groups is 1. The van der Waals surface area contributed by atoms with Crippen molar-refractivity contribution in [2.24, 2.45) is 17.8 Å². The van der Waals surface area contributed by atoms with Crippen LogP contribution in [0.3, 0.4) is 0 Å². The Balaban J connectivity index is 1.43. The lowest BCUT2D eigenvalue weighted by molar-refractivity contribution is -0.136. The molecule has 0 bridgehead atoms. The lowest BCUT2D eigenvalue weighted by Gasteiger charge is -2.34. The lowest BCUT2D eigenvalue weighted by atomic mass is 9.98. The van der Waals surface area contributed by atoms with E-state index in [1.165, 1.54) is 25.7 Å². The number of likely N-dealkylation sites (tertiary alicyclic amines) is 1. The lowest BCUT2D eigenvalue weighted by Crippen LogP contribution is -2.46. The number of piperidine rings is 1. The molecular formula is C15H26N2O. The average Bonchev–Trinajstić information content (AvgIpc) is 3.03. The van der Waals surface area contributed by atoms with E-state index in [9.17, 15) is 4.79 Å². The fraction of sp³-hybridized carbons (Fsp3) is 0.933. The molecule has 1 aliphatic heterocycles.